The highest BCUT2D eigenvalue weighted by atomic mass is 16.3. The molecule has 2 aromatic heterocycles. The number of rotatable bonds is 3. The number of benzene rings is 1. The first-order chi connectivity index (χ1) is 10.1. The Morgan fingerprint density at radius 3 is 2.81 bits per heavy atom. The smallest absolute Gasteiger partial charge is 0.261 e. The van der Waals surface area contributed by atoms with Crippen LogP contribution in [0.15, 0.2) is 57.9 Å². The Labute approximate surface area is 120 Å². The number of carbonyl (C=O) groups is 1. The number of carbonyl (C=O) groups excluding carboxylic acids is 1. The highest BCUT2D eigenvalue weighted by Gasteiger charge is 2.17. The summed E-state index contributed by atoms with van der Waals surface area (Å²) >= 11 is 0. The van der Waals surface area contributed by atoms with Crippen LogP contribution in [0, 0.1) is 0 Å². The van der Waals surface area contributed by atoms with E-state index in [1.807, 2.05) is 18.2 Å². The number of fused-ring (bicyclic) bond motifs is 1. The number of amides is 1. The van der Waals surface area contributed by atoms with Gasteiger partial charge in [-0.1, -0.05) is 18.2 Å². The lowest BCUT2D eigenvalue weighted by molar-refractivity contribution is 0.0774. The molecule has 5 heteroatoms. The van der Waals surface area contributed by atoms with Gasteiger partial charge >= 0.3 is 0 Å². The first-order valence-corrected chi connectivity index (χ1v) is 6.55. The standard InChI is InChI=1S/C16H14N2O3/c1-18(10-12-6-4-8-21-12)16(20)13-9-11-5-2-3-7-14(11)17-15(13)19/h2-9H,10H2,1H3,(H,17,19). The van der Waals surface area contributed by atoms with Crippen LogP contribution in [-0.2, 0) is 6.54 Å². The molecule has 3 aromatic rings. The summed E-state index contributed by atoms with van der Waals surface area (Å²) in [7, 11) is 1.64. The van der Waals surface area contributed by atoms with Gasteiger partial charge in [0.05, 0.1) is 12.8 Å². The molecule has 0 spiro atoms. The third-order valence-electron chi connectivity index (χ3n) is 3.30. The van der Waals surface area contributed by atoms with Gasteiger partial charge in [0.2, 0.25) is 0 Å². The van der Waals surface area contributed by atoms with Crippen molar-refractivity contribution in [3.8, 4) is 0 Å². The predicted molar refractivity (Wildman–Crippen MR) is 79.1 cm³/mol. The summed E-state index contributed by atoms with van der Waals surface area (Å²) in [6.45, 7) is 0.318. The van der Waals surface area contributed by atoms with E-state index >= 15 is 0 Å². The molecule has 3 rings (SSSR count). The summed E-state index contributed by atoms with van der Waals surface area (Å²) in [5, 5.41) is 0.826. The molecule has 0 atom stereocenters. The highest BCUT2D eigenvalue weighted by Crippen LogP contribution is 2.12. The third kappa shape index (κ3) is 2.58. The maximum absolute atomic E-state index is 12.4. The molecule has 2 heterocycles. The van der Waals surface area contributed by atoms with Crippen molar-refractivity contribution in [1.82, 2.24) is 9.88 Å². The first kappa shape index (κ1) is 13.2. The number of para-hydroxylation sites is 1. The number of aromatic amines is 1. The normalized spacial score (nSPS) is 10.7. The second-order valence-corrected chi connectivity index (χ2v) is 4.84. The van der Waals surface area contributed by atoms with Gasteiger partial charge in [0.15, 0.2) is 0 Å². The number of nitrogens with one attached hydrogen (secondary N) is 1. The first-order valence-electron chi connectivity index (χ1n) is 6.55. The molecule has 106 valence electrons. The number of pyridine rings is 1. The Hall–Kier alpha value is -2.82. The van der Waals surface area contributed by atoms with E-state index in [2.05, 4.69) is 4.98 Å². The number of hydrogen-bond donors (Lipinski definition) is 1. The average Bonchev–Trinajstić information content (AvgIpc) is 2.98. The lowest BCUT2D eigenvalue weighted by atomic mass is 10.1. The van der Waals surface area contributed by atoms with E-state index in [9.17, 15) is 9.59 Å². The summed E-state index contributed by atoms with van der Waals surface area (Å²) in [4.78, 5) is 28.6. The molecule has 0 saturated carbocycles. The zero-order chi connectivity index (χ0) is 14.8. The van der Waals surface area contributed by atoms with Gasteiger partial charge in [0.25, 0.3) is 11.5 Å². The Bertz CT molecular complexity index is 834. The van der Waals surface area contributed by atoms with Gasteiger partial charge in [-0.2, -0.15) is 0 Å². The van der Waals surface area contributed by atoms with Crippen LogP contribution in [0.5, 0.6) is 0 Å². The molecule has 1 aromatic carbocycles. The molecular weight excluding hydrogens is 268 g/mol. The molecule has 0 aliphatic carbocycles. The Morgan fingerprint density at radius 1 is 1.24 bits per heavy atom. The minimum absolute atomic E-state index is 0.128. The fraction of sp³-hybridized carbons (Fsp3) is 0.125. The van der Waals surface area contributed by atoms with E-state index in [1.165, 1.54) is 4.90 Å². The quantitative estimate of drug-likeness (QED) is 0.802. The molecule has 0 saturated heterocycles. The van der Waals surface area contributed by atoms with Crippen molar-refractivity contribution in [2.45, 2.75) is 6.54 Å². The fourth-order valence-corrected chi connectivity index (χ4v) is 2.22. The highest BCUT2D eigenvalue weighted by molar-refractivity contribution is 5.97. The molecular formula is C16H14N2O3. The largest absolute Gasteiger partial charge is 0.467 e. The molecule has 0 bridgehead atoms. The molecule has 21 heavy (non-hydrogen) atoms. The monoisotopic (exact) mass is 282 g/mol. The van der Waals surface area contributed by atoms with E-state index in [4.69, 9.17) is 4.42 Å². The van der Waals surface area contributed by atoms with Crippen molar-refractivity contribution in [1.29, 1.82) is 0 Å². The summed E-state index contributed by atoms with van der Waals surface area (Å²) in [6.07, 6.45) is 1.55. The third-order valence-corrected chi connectivity index (χ3v) is 3.30. The van der Waals surface area contributed by atoms with Crippen LogP contribution < -0.4 is 5.56 Å². The number of hydrogen-bond acceptors (Lipinski definition) is 3. The van der Waals surface area contributed by atoms with Gasteiger partial charge in [-0.15, -0.1) is 0 Å². The second kappa shape index (κ2) is 5.28. The SMILES string of the molecule is CN(Cc1ccco1)C(=O)c1cc2ccccc2[nH]c1=O. The summed E-state index contributed by atoms with van der Waals surface area (Å²) in [5.41, 5.74) is 0.459. The molecule has 1 N–H and O–H groups in total. The number of aromatic nitrogens is 1. The van der Waals surface area contributed by atoms with Crippen LogP contribution in [0.4, 0.5) is 0 Å². The molecule has 0 aliphatic rings. The van der Waals surface area contributed by atoms with Crippen LogP contribution in [0.2, 0.25) is 0 Å². The van der Waals surface area contributed by atoms with E-state index in [1.54, 1.807) is 37.6 Å². The number of H-pyrrole nitrogens is 1. The van der Waals surface area contributed by atoms with Gasteiger partial charge < -0.3 is 14.3 Å². The fourth-order valence-electron chi connectivity index (χ4n) is 2.22. The van der Waals surface area contributed by atoms with E-state index in [0.29, 0.717) is 17.8 Å². The minimum Gasteiger partial charge on any atom is -0.467 e. The summed E-state index contributed by atoms with van der Waals surface area (Å²) in [6, 6.07) is 12.5. The molecule has 0 aliphatic heterocycles. The van der Waals surface area contributed by atoms with Crippen LogP contribution in [-0.4, -0.2) is 22.8 Å². The van der Waals surface area contributed by atoms with Gasteiger partial charge in [0.1, 0.15) is 11.3 Å². The van der Waals surface area contributed by atoms with Gasteiger partial charge in [-0.05, 0) is 29.7 Å². The number of furan rings is 1. The maximum Gasteiger partial charge on any atom is 0.261 e. The van der Waals surface area contributed by atoms with E-state index in [-0.39, 0.29) is 17.0 Å². The van der Waals surface area contributed by atoms with Crippen LogP contribution in [0.25, 0.3) is 10.9 Å². The zero-order valence-electron chi connectivity index (χ0n) is 11.5. The minimum atomic E-state index is -0.384. The Balaban J connectivity index is 1.93. The molecule has 1 amide bonds. The van der Waals surface area contributed by atoms with Gasteiger partial charge in [-0.25, -0.2) is 0 Å². The summed E-state index contributed by atoms with van der Waals surface area (Å²) in [5.74, 6) is 0.335. The lowest BCUT2D eigenvalue weighted by Crippen LogP contribution is -2.31. The van der Waals surface area contributed by atoms with Crippen molar-refractivity contribution in [3.63, 3.8) is 0 Å². The molecule has 5 nitrogen and oxygen atoms in total. The molecule has 0 radical (unpaired) electrons. The van der Waals surface area contributed by atoms with E-state index < -0.39 is 0 Å². The van der Waals surface area contributed by atoms with E-state index in [0.717, 1.165) is 5.39 Å². The zero-order valence-corrected chi connectivity index (χ0v) is 11.5. The van der Waals surface area contributed by atoms with Crippen LogP contribution >= 0.6 is 0 Å². The van der Waals surface area contributed by atoms with Crippen molar-refractivity contribution in [2.75, 3.05) is 7.05 Å². The topological polar surface area (TPSA) is 66.3 Å². The Morgan fingerprint density at radius 2 is 2.05 bits per heavy atom. The van der Waals surface area contributed by atoms with Crippen molar-refractivity contribution in [2.24, 2.45) is 0 Å². The molecule has 0 unspecified atom stereocenters. The maximum atomic E-state index is 12.4. The lowest BCUT2D eigenvalue weighted by Gasteiger charge is -2.15. The van der Waals surface area contributed by atoms with Gasteiger partial charge in [-0.3, -0.25) is 9.59 Å². The van der Waals surface area contributed by atoms with Crippen LogP contribution in [0.1, 0.15) is 16.1 Å². The summed E-state index contributed by atoms with van der Waals surface area (Å²) < 4.78 is 5.21. The molecule has 0 fully saturated rings. The number of nitrogens with zero attached hydrogens (tertiary/aromatic N) is 1. The Kier molecular flexibility index (Phi) is 3.31. The predicted octanol–water partition coefficient (Wildman–Crippen LogP) is 2.39. The van der Waals surface area contributed by atoms with Crippen molar-refractivity contribution >= 4 is 16.8 Å². The van der Waals surface area contributed by atoms with Crippen molar-refractivity contribution < 1.29 is 9.21 Å². The van der Waals surface area contributed by atoms with Gasteiger partial charge in [0, 0.05) is 12.6 Å². The van der Waals surface area contributed by atoms with Crippen molar-refractivity contribution in [3.05, 3.63) is 70.4 Å². The van der Waals surface area contributed by atoms with Crippen LogP contribution in [0.3, 0.4) is 0 Å². The average molecular weight is 282 g/mol. The second-order valence-electron chi connectivity index (χ2n) is 4.84.